The van der Waals surface area contributed by atoms with Crippen molar-refractivity contribution >= 4 is 10.0 Å². The Morgan fingerprint density at radius 2 is 1.90 bits per heavy atom. The summed E-state index contributed by atoms with van der Waals surface area (Å²) in [6, 6.07) is 10.2. The number of rotatable bonds is 7. The second kappa shape index (κ2) is 7.49. The molecule has 106 valence electrons. The van der Waals surface area contributed by atoms with E-state index in [2.05, 4.69) is 0 Å². The van der Waals surface area contributed by atoms with Crippen LogP contribution < -0.4 is 4.74 Å². The molecule has 20 heavy (non-hydrogen) atoms. The van der Waals surface area contributed by atoms with E-state index in [-0.39, 0.29) is 18.8 Å². The minimum absolute atomic E-state index is 0.267. The van der Waals surface area contributed by atoms with Crippen molar-refractivity contribution in [3.05, 3.63) is 29.8 Å². The summed E-state index contributed by atoms with van der Waals surface area (Å²) >= 11 is 0. The lowest BCUT2D eigenvalue weighted by Gasteiger charge is -2.16. The highest BCUT2D eigenvalue weighted by atomic mass is 32.2. The molecule has 7 heteroatoms. The molecule has 0 saturated heterocycles. The quantitative estimate of drug-likeness (QED) is 0.705. The van der Waals surface area contributed by atoms with Gasteiger partial charge in [0, 0.05) is 0 Å². The highest BCUT2D eigenvalue weighted by Gasteiger charge is 2.22. The number of ether oxygens (including phenoxy) is 1. The van der Waals surface area contributed by atoms with E-state index in [0.29, 0.717) is 17.9 Å². The van der Waals surface area contributed by atoms with Crippen LogP contribution >= 0.6 is 0 Å². The van der Waals surface area contributed by atoms with Crippen LogP contribution in [0.25, 0.3) is 0 Å². The summed E-state index contributed by atoms with van der Waals surface area (Å²) in [5, 5.41) is 17.2. The number of nitriles is 2. The van der Waals surface area contributed by atoms with E-state index in [1.807, 2.05) is 6.92 Å². The predicted molar refractivity (Wildman–Crippen MR) is 73.0 cm³/mol. The van der Waals surface area contributed by atoms with Crippen LogP contribution in [0.3, 0.4) is 0 Å². The second-order valence-electron chi connectivity index (χ2n) is 3.92. The zero-order valence-electron chi connectivity index (χ0n) is 11.1. The third kappa shape index (κ3) is 4.54. The SMILES string of the molecule is CCOc1cccc(CS(=O)(=O)N(CC#N)CC#N)c1. The zero-order chi connectivity index (χ0) is 15.0. The van der Waals surface area contributed by atoms with Gasteiger partial charge < -0.3 is 4.74 Å². The van der Waals surface area contributed by atoms with Crippen LogP contribution in [0.5, 0.6) is 5.75 Å². The Bertz CT molecular complexity index is 613. The predicted octanol–water partition coefficient (Wildman–Crippen LogP) is 1.26. The molecule has 0 saturated carbocycles. The van der Waals surface area contributed by atoms with Crippen molar-refractivity contribution in [2.45, 2.75) is 12.7 Å². The molecule has 0 spiro atoms. The van der Waals surface area contributed by atoms with E-state index >= 15 is 0 Å². The molecule has 1 aromatic rings. The third-order valence-electron chi connectivity index (χ3n) is 2.45. The van der Waals surface area contributed by atoms with Gasteiger partial charge in [-0.2, -0.15) is 14.8 Å². The van der Waals surface area contributed by atoms with Gasteiger partial charge in [0.2, 0.25) is 10.0 Å². The average molecular weight is 293 g/mol. The summed E-state index contributed by atoms with van der Waals surface area (Å²) in [4.78, 5) is 0. The Labute approximate surface area is 118 Å². The van der Waals surface area contributed by atoms with Gasteiger partial charge in [-0.1, -0.05) is 12.1 Å². The molecule has 0 heterocycles. The maximum absolute atomic E-state index is 12.1. The Balaban J connectivity index is 2.92. The molecule has 0 unspecified atom stereocenters. The van der Waals surface area contributed by atoms with Crippen LogP contribution in [-0.2, 0) is 15.8 Å². The smallest absolute Gasteiger partial charge is 0.220 e. The van der Waals surface area contributed by atoms with Gasteiger partial charge in [-0.15, -0.1) is 0 Å². The topological polar surface area (TPSA) is 94.2 Å². The Morgan fingerprint density at radius 1 is 1.25 bits per heavy atom. The van der Waals surface area contributed by atoms with Gasteiger partial charge in [0.25, 0.3) is 0 Å². The number of benzene rings is 1. The molecule has 0 aliphatic rings. The molecular formula is C13H15N3O3S. The van der Waals surface area contributed by atoms with Crippen molar-refractivity contribution in [3.8, 4) is 17.9 Å². The molecule has 0 aliphatic carbocycles. The maximum Gasteiger partial charge on any atom is 0.220 e. The van der Waals surface area contributed by atoms with Crippen LogP contribution in [0.1, 0.15) is 12.5 Å². The summed E-state index contributed by atoms with van der Waals surface area (Å²) in [5.74, 6) is 0.324. The fourth-order valence-corrected chi connectivity index (χ4v) is 2.90. The Morgan fingerprint density at radius 3 is 2.45 bits per heavy atom. The highest BCUT2D eigenvalue weighted by molar-refractivity contribution is 7.88. The minimum Gasteiger partial charge on any atom is -0.494 e. The molecular weight excluding hydrogens is 278 g/mol. The van der Waals surface area contributed by atoms with Crippen molar-refractivity contribution < 1.29 is 13.2 Å². The lowest BCUT2D eigenvalue weighted by atomic mass is 10.2. The Hall–Kier alpha value is -2.09. The van der Waals surface area contributed by atoms with Gasteiger partial charge >= 0.3 is 0 Å². The molecule has 0 N–H and O–H groups in total. The molecule has 6 nitrogen and oxygen atoms in total. The van der Waals surface area contributed by atoms with Crippen molar-refractivity contribution in [2.24, 2.45) is 0 Å². The number of hydrogen-bond donors (Lipinski definition) is 0. The van der Waals surface area contributed by atoms with E-state index in [9.17, 15) is 8.42 Å². The van der Waals surface area contributed by atoms with E-state index in [4.69, 9.17) is 15.3 Å². The van der Waals surface area contributed by atoms with Crippen molar-refractivity contribution in [1.29, 1.82) is 10.5 Å². The highest BCUT2D eigenvalue weighted by Crippen LogP contribution is 2.17. The molecule has 0 aromatic heterocycles. The number of hydrogen-bond acceptors (Lipinski definition) is 5. The second-order valence-corrected chi connectivity index (χ2v) is 5.89. The van der Waals surface area contributed by atoms with Crippen molar-refractivity contribution in [1.82, 2.24) is 4.31 Å². The summed E-state index contributed by atoms with van der Waals surface area (Å²) < 4.78 is 30.4. The molecule has 0 radical (unpaired) electrons. The van der Waals surface area contributed by atoms with Crippen molar-refractivity contribution in [2.75, 3.05) is 19.7 Å². The fraction of sp³-hybridized carbons (Fsp3) is 0.385. The van der Waals surface area contributed by atoms with Gasteiger partial charge in [0.1, 0.15) is 18.8 Å². The first kappa shape index (κ1) is 16.0. The summed E-state index contributed by atoms with van der Waals surface area (Å²) in [6.07, 6.45) is 0. The van der Waals surface area contributed by atoms with E-state index in [1.165, 1.54) is 0 Å². The monoisotopic (exact) mass is 293 g/mol. The van der Waals surface area contributed by atoms with E-state index < -0.39 is 10.0 Å². The molecule has 0 atom stereocenters. The standard InChI is InChI=1S/C13H15N3O3S/c1-2-19-13-5-3-4-12(10-13)11-20(17,18)16(8-6-14)9-7-15/h3-5,10H,2,8-9,11H2,1H3. The molecule has 0 amide bonds. The summed E-state index contributed by atoms with van der Waals surface area (Å²) in [7, 11) is -3.70. The van der Waals surface area contributed by atoms with Gasteiger partial charge in [-0.3, -0.25) is 0 Å². The number of nitrogens with zero attached hydrogens (tertiary/aromatic N) is 3. The lowest BCUT2D eigenvalue weighted by Crippen LogP contribution is -2.32. The summed E-state index contributed by atoms with van der Waals surface area (Å²) in [5.41, 5.74) is 0.553. The average Bonchev–Trinajstić information content (AvgIpc) is 2.39. The normalized spacial score (nSPS) is 10.8. The first-order valence-electron chi connectivity index (χ1n) is 5.97. The first-order chi connectivity index (χ1) is 9.53. The fourth-order valence-electron chi connectivity index (χ4n) is 1.60. The maximum atomic E-state index is 12.1. The van der Waals surface area contributed by atoms with Gasteiger partial charge in [0.15, 0.2) is 0 Å². The molecule has 0 aliphatic heterocycles. The van der Waals surface area contributed by atoms with E-state index in [1.54, 1.807) is 36.4 Å². The van der Waals surface area contributed by atoms with Crippen LogP contribution in [0.15, 0.2) is 24.3 Å². The molecule has 1 aromatic carbocycles. The Kier molecular flexibility index (Phi) is 5.98. The minimum atomic E-state index is -3.70. The van der Waals surface area contributed by atoms with E-state index in [0.717, 1.165) is 4.31 Å². The third-order valence-corrected chi connectivity index (χ3v) is 4.19. The first-order valence-corrected chi connectivity index (χ1v) is 7.58. The van der Waals surface area contributed by atoms with Crippen LogP contribution in [0, 0.1) is 22.7 Å². The van der Waals surface area contributed by atoms with Gasteiger partial charge in [0.05, 0.1) is 24.5 Å². The van der Waals surface area contributed by atoms with Crippen LogP contribution in [0.2, 0.25) is 0 Å². The van der Waals surface area contributed by atoms with Crippen molar-refractivity contribution in [3.63, 3.8) is 0 Å². The van der Waals surface area contributed by atoms with Gasteiger partial charge in [-0.25, -0.2) is 8.42 Å². The van der Waals surface area contributed by atoms with Crippen LogP contribution in [-0.4, -0.2) is 32.4 Å². The lowest BCUT2D eigenvalue weighted by molar-refractivity contribution is 0.340. The summed E-state index contributed by atoms with van der Waals surface area (Å²) in [6.45, 7) is 1.66. The van der Waals surface area contributed by atoms with Crippen LogP contribution in [0.4, 0.5) is 0 Å². The molecule has 0 fully saturated rings. The molecule has 1 rings (SSSR count). The van der Waals surface area contributed by atoms with Gasteiger partial charge in [-0.05, 0) is 24.6 Å². The number of sulfonamides is 1. The largest absolute Gasteiger partial charge is 0.494 e. The molecule has 0 bridgehead atoms. The zero-order valence-corrected chi connectivity index (χ0v) is 11.9.